The number of ether oxygens (including phenoxy) is 1. The van der Waals surface area contributed by atoms with Gasteiger partial charge in [-0.25, -0.2) is 0 Å². The summed E-state index contributed by atoms with van der Waals surface area (Å²) in [5, 5.41) is 0. The number of benzene rings is 1. The summed E-state index contributed by atoms with van der Waals surface area (Å²) in [7, 11) is 0. The molecular formula is C9H13NO. The Kier molecular flexibility index (Phi) is 1.95. The Morgan fingerprint density at radius 1 is 1.36 bits per heavy atom. The minimum atomic E-state index is -0.893. The Balaban J connectivity index is 2.71. The van der Waals surface area contributed by atoms with E-state index in [2.05, 4.69) is 0 Å². The quantitative estimate of drug-likeness (QED) is 0.658. The highest BCUT2D eigenvalue weighted by atomic mass is 16.5. The van der Waals surface area contributed by atoms with Gasteiger partial charge in [0.15, 0.2) is 0 Å². The fraction of sp³-hybridized carbons (Fsp3) is 0.333. The molecule has 0 aliphatic rings. The summed E-state index contributed by atoms with van der Waals surface area (Å²) < 4.78 is 12.7. The minimum absolute atomic E-state index is 0.671. The first kappa shape index (κ1) is 6.53. The van der Waals surface area contributed by atoms with Gasteiger partial charge in [-0.1, -0.05) is 0 Å². The molecule has 2 N–H and O–H groups in total. The maximum absolute atomic E-state index is 7.47. The molecule has 11 heavy (non-hydrogen) atoms. The Hall–Kier alpha value is -1.18. The number of rotatable bonds is 2. The van der Waals surface area contributed by atoms with Crippen molar-refractivity contribution in [1.29, 1.82) is 0 Å². The second kappa shape index (κ2) is 3.28. The van der Waals surface area contributed by atoms with E-state index in [4.69, 9.17) is 11.8 Å². The second-order valence-electron chi connectivity index (χ2n) is 2.58. The monoisotopic (exact) mass is 152 g/mol. The van der Waals surface area contributed by atoms with E-state index in [-0.39, 0.29) is 0 Å². The SMILES string of the molecule is [2H]C(C)(C)Oc1ccc(N)cc1. The molecule has 60 valence electrons. The fourth-order valence-corrected chi connectivity index (χ4v) is 0.772. The van der Waals surface area contributed by atoms with Crippen LogP contribution in [-0.2, 0) is 0 Å². The molecule has 0 heterocycles. The molecule has 0 atom stereocenters. The number of nitrogens with two attached hydrogens (primary N) is 1. The average Bonchev–Trinajstić information content (AvgIpc) is 1.91. The fourth-order valence-electron chi connectivity index (χ4n) is 0.772. The zero-order chi connectivity index (χ0) is 9.19. The number of hydrogen-bond acceptors (Lipinski definition) is 2. The molecule has 0 aliphatic heterocycles. The molecular weight excluding hydrogens is 138 g/mol. The first-order chi connectivity index (χ1) is 5.47. The molecule has 1 rings (SSSR count). The highest BCUT2D eigenvalue weighted by Gasteiger charge is 1.94. The smallest absolute Gasteiger partial charge is 0.119 e. The van der Waals surface area contributed by atoms with Crippen LogP contribution in [0.25, 0.3) is 0 Å². The molecule has 0 amide bonds. The van der Waals surface area contributed by atoms with Gasteiger partial charge >= 0.3 is 0 Å². The molecule has 2 nitrogen and oxygen atoms in total. The van der Waals surface area contributed by atoms with Crippen LogP contribution in [0.1, 0.15) is 15.2 Å². The van der Waals surface area contributed by atoms with E-state index in [0.29, 0.717) is 11.4 Å². The van der Waals surface area contributed by atoms with E-state index in [0.717, 1.165) is 0 Å². The Morgan fingerprint density at radius 3 is 2.36 bits per heavy atom. The molecule has 1 aromatic rings. The van der Waals surface area contributed by atoms with Crippen molar-refractivity contribution in [2.75, 3.05) is 5.73 Å². The van der Waals surface area contributed by atoms with Crippen LogP contribution in [0.4, 0.5) is 5.69 Å². The molecule has 0 unspecified atom stereocenters. The third-order valence-corrected chi connectivity index (χ3v) is 1.20. The van der Waals surface area contributed by atoms with Crippen LogP contribution in [0.2, 0.25) is 0 Å². The normalized spacial score (nSPS) is 12.4. The van der Waals surface area contributed by atoms with Gasteiger partial charge in [0.25, 0.3) is 0 Å². The molecule has 0 bridgehead atoms. The lowest BCUT2D eigenvalue weighted by atomic mass is 10.3. The van der Waals surface area contributed by atoms with Crippen molar-refractivity contribution in [2.45, 2.75) is 19.9 Å². The van der Waals surface area contributed by atoms with Crippen LogP contribution in [0.3, 0.4) is 0 Å². The molecule has 2 heteroatoms. The summed E-state index contributed by atoms with van der Waals surface area (Å²) in [4.78, 5) is 0. The van der Waals surface area contributed by atoms with Crippen LogP contribution in [-0.4, -0.2) is 6.08 Å². The van der Waals surface area contributed by atoms with Crippen molar-refractivity contribution in [1.82, 2.24) is 0 Å². The van der Waals surface area contributed by atoms with Crippen molar-refractivity contribution in [3.63, 3.8) is 0 Å². The van der Waals surface area contributed by atoms with Crippen LogP contribution in [0.5, 0.6) is 5.75 Å². The largest absolute Gasteiger partial charge is 0.491 e. The zero-order valence-electron chi connectivity index (χ0n) is 7.79. The van der Waals surface area contributed by atoms with E-state index in [1.165, 1.54) is 0 Å². The number of hydrogen-bond donors (Lipinski definition) is 1. The first-order valence-corrected chi connectivity index (χ1v) is 3.52. The summed E-state index contributed by atoms with van der Waals surface area (Å²) >= 11 is 0. The third kappa shape index (κ3) is 2.50. The van der Waals surface area contributed by atoms with Crippen LogP contribution in [0, 0.1) is 0 Å². The van der Waals surface area contributed by atoms with E-state index >= 15 is 0 Å². The first-order valence-electron chi connectivity index (χ1n) is 4.02. The molecule has 0 radical (unpaired) electrons. The Labute approximate surface area is 68.4 Å². The Bertz CT molecular complexity index is 250. The lowest BCUT2D eigenvalue weighted by Crippen LogP contribution is -2.05. The maximum Gasteiger partial charge on any atom is 0.119 e. The molecule has 0 fully saturated rings. The van der Waals surface area contributed by atoms with Crippen LogP contribution >= 0.6 is 0 Å². The average molecular weight is 152 g/mol. The van der Waals surface area contributed by atoms with E-state index < -0.39 is 6.08 Å². The van der Waals surface area contributed by atoms with Gasteiger partial charge in [-0.05, 0) is 38.1 Å². The summed E-state index contributed by atoms with van der Waals surface area (Å²) in [5.74, 6) is 0.671. The van der Waals surface area contributed by atoms with Gasteiger partial charge in [0.05, 0.1) is 7.45 Å². The molecule has 1 aromatic carbocycles. The highest BCUT2D eigenvalue weighted by molar-refractivity contribution is 5.41. The molecule has 0 saturated heterocycles. The van der Waals surface area contributed by atoms with Gasteiger partial charge in [0.2, 0.25) is 0 Å². The maximum atomic E-state index is 7.47. The molecule has 0 aromatic heterocycles. The van der Waals surface area contributed by atoms with E-state index in [9.17, 15) is 0 Å². The highest BCUT2D eigenvalue weighted by Crippen LogP contribution is 2.14. The summed E-state index contributed by atoms with van der Waals surface area (Å²) in [6.45, 7) is 3.37. The number of nitrogen functional groups attached to an aromatic ring is 1. The standard InChI is InChI=1S/C9H13NO/c1-7(2)11-9-5-3-8(10)4-6-9/h3-7H,10H2,1-2H3/i7D. The minimum Gasteiger partial charge on any atom is -0.491 e. The molecule has 0 aliphatic carbocycles. The van der Waals surface area contributed by atoms with Crippen molar-refractivity contribution < 1.29 is 6.11 Å². The second-order valence-corrected chi connectivity index (χ2v) is 2.58. The van der Waals surface area contributed by atoms with Gasteiger partial charge in [0.1, 0.15) is 5.75 Å². The van der Waals surface area contributed by atoms with Crippen LogP contribution in [0.15, 0.2) is 24.3 Å². The number of anilines is 1. The van der Waals surface area contributed by atoms with Gasteiger partial charge in [0, 0.05) is 5.69 Å². The third-order valence-electron chi connectivity index (χ3n) is 1.20. The van der Waals surface area contributed by atoms with Crippen molar-refractivity contribution in [2.24, 2.45) is 0 Å². The van der Waals surface area contributed by atoms with Crippen molar-refractivity contribution in [3.8, 4) is 5.75 Å². The molecule has 0 saturated carbocycles. The summed E-state index contributed by atoms with van der Waals surface area (Å²) in [6.07, 6.45) is -0.893. The van der Waals surface area contributed by atoms with Gasteiger partial charge in [-0.3, -0.25) is 0 Å². The topological polar surface area (TPSA) is 35.2 Å². The predicted molar refractivity (Wildman–Crippen MR) is 46.6 cm³/mol. The summed E-state index contributed by atoms with van der Waals surface area (Å²) in [5.41, 5.74) is 6.19. The van der Waals surface area contributed by atoms with Crippen LogP contribution < -0.4 is 10.5 Å². The van der Waals surface area contributed by atoms with E-state index in [1.807, 2.05) is 0 Å². The molecule has 0 spiro atoms. The van der Waals surface area contributed by atoms with Gasteiger partial charge in [-0.15, -0.1) is 0 Å². The van der Waals surface area contributed by atoms with Gasteiger partial charge in [-0.2, -0.15) is 0 Å². The predicted octanol–water partition coefficient (Wildman–Crippen LogP) is 2.06. The van der Waals surface area contributed by atoms with Crippen molar-refractivity contribution >= 4 is 5.69 Å². The lowest BCUT2D eigenvalue weighted by molar-refractivity contribution is 0.242. The van der Waals surface area contributed by atoms with E-state index in [1.54, 1.807) is 38.1 Å². The zero-order valence-corrected chi connectivity index (χ0v) is 6.79. The Morgan fingerprint density at radius 2 is 1.91 bits per heavy atom. The van der Waals surface area contributed by atoms with Gasteiger partial charge < -0.3 is 10.5 Å². The lowest BCUT2D eigenvalue weighted by Gasteiger charge is -2.08. The summed E-state index contributed by atoms with van der Waals surface area (Å²) in [6, 6.07) is 7.01. The van der Waals surface area contributed by atoms with Crippen molar-refractivity contribution in [3.05, 3.63) is 24.3 Å².